The van der Waals surface area contributed by atoms with Crippen LogP contribution in [0, 0.1) is 0 Å². The maximum Gasteiger partial charge on any atom is 0.221 e. The lowest BCUT2D eigenvalue weighted by molar-refractivity contribution is -0.114. The number of benzene rings is 1. The minimum absolute atomic E-state index is 0.103. The second-order valence-electron chi connectivity index (χ2n) is 3.16. The van der Waals surface area contributed by atoms with E-state index in [4.69, 9.17) is 5.21 Å². The zero-order chi connectivity index (χ0) is 11.3. The van der Waals surface area contributed by atoms with Crippen molar-refractivity contribution in [3.8, 4) is 0 Å². The van der Waals surface area contributed by atoms with E-state index in [1.54, 1.807) is 12.1 Å². The van der Waals surface area contributed by atoms with Crippen molar-refractivity contribution in [3.05, 3.63) is 29.8 Å². The van der Waals surface area contributed by atoms with Crippen LogP contribution >= 0.6 is 0 Å². The molecule has 0 saturated carbocycles. The van der Waals surface area contributed by atoms with Crippen LogP contribution in [-0.4, -0.2) is 16.8 Å². The van der Waals surface area contributed by atoms with E-state index in [1.165, 1.54) is 6.92 Å². The van der Waals surface area contributed by atoms with Crippen molar-refractivity contribution < 1.29 is 10.0 Å². The smallest absolute Gasteiger partial charge is 0.221 e. The van der Waals surface area contributed by atoms with E-state index in [9.17, 15) is 4.79 Å². The molecular weight excluding hydrogens is 192 g/mol. The number of nitrogens with one attached hydrogen (secondary N) is 1. The highest BCUT2D eigenvalue weighted by atomic mass is 16.4. The fraction of sp³-hybridized carbons (Fsp3) is 0.273. The van der Waals surface area contributed by atoms with Gasteiger partial charge < -0.3 is 10.5 Å². The molecule has 1 amide bonds. The fourth-order valence-electron chi connectivity index (χ4n) is 1.28. The molecule has 0 bridgehead atoms. The average molecular weight is 206 g/mol. The Bertz CT molecular complexity index is 369. The summed E-state index contributed by atoms with van der Waals surface area (Å²) in [5.41, 5.74) is 2.22. The van der Waals surface area contributed by atoms with Crippen LogP contribution in [0.5, 0.6) is 0 Å². The van der Waals surface area contributed by atoms with Crippen LogP contribution in [0.25, 0.3) is 0 Å². The standard InChI is InChI=1S/C11H14N2O2/c1-3-11(13-15)9-4-6-10(7-5-9)12-8(2)14/h4-7,15H,3H2,1-2H3,(H,12,14)/b13-11+. The quantitative estimate of drug-likeness (QED) is 0.452. The van der Waals surface area contributed by atoms with Gasteiger partial charge in [-0.15, -0.1) is 0 Å². The molecule has 0 aliphatic carbocycles. The number of carbonyl (C=O) groups is 1. The molecule has 0 radical (unpaired) electrons. The molecule has 80 valence electrons. The lowest BCUT2D eigenvalue weighted by Crippen LogP contribution is -2.06. The molecule has 0 aliphatic rings. The van der Waals surface area contributed by atoms with Gasteiger partial charge in [-0.3, -0.25) is 4.79 Å². The largest absolute Gasteiger partial charge is 0.411 e. The molecule has 2 N–H and O–H groups in total. The SMILES string of the molecule is CC/C(=N\O)c1ccc(NC(C)=O)cc1. The molecular formula is C11H14N2O2. The van der Waals surface area contributed by atoms with Crippen LogP contribution in [0.15, 0.2) is 29.4 Å². The van der Waals surface area contributed by atoms with E-state index in [1.807, 2.05) is 19.1 Å². The number of hydrogen-bond acceptors (Lipinski definition) is 3. The lowest BCUT2D eigenvalue weighted by Gasteiger charge is -2.04. The third-order valence-corrected chi connectivity index (χ3v) is 1.99. The lowest BCUT2D eigenvalue weighted by atomic mass is 10.1. The Kier molecular flexibility index (Phi) is 3.85. The van der Waals surface area contributed by atoms with Gasteiger partial charge in [0, 0.05) is 12.6 Å². The number of oxime groups is 1. The summed E-state index contributed by atoms with van der Waals surface area (Å²) in [4.78, 5) is 10.8. The van der Waals surface area contributed by atoms with Gasteiger partial charge in [0.05, 0.1) is 5.71 Å². The highest BCUT2D eigenvalue weighted by Crippen LogP contribution is 2.11. The Labute approximate surface area is 88.6 Å². The Morgan fingerprint density at radius 1 is 1.40 bits per heavy atom. The van der Waals surface area contributed by atoms with Crippen LogP contribution in [0.1, 0.15) is 25.8 Å². The summed E-state index contributed by atoms with van der Waals surface area (Å²) in [5, 5.41) is 14.6. The van der Waals surface area contributed by atoms with E-state index < -0.39 is 0 Å². The van der Waals surface area contributed by atoms with Crippen molar-refractivity contribution in [1.82, 2.24) is 0 Å². The first-order chi connectivity index (χ1) is 7.17. The molecule has 0 saturated heterocycles. The molecule has 0 aliphatic heterocycles. The first-order valence-electron chi connectivity index (χ1n) is 4.76. The minimum atomic E-state index is -0.103. The molecule has 1 rings (SSSR count). The Hall–Kier alpha value is -1.84. The van der Waals surface area contributed by atoms with Gasteiger partial charge in [0.1, 0.15) is 0 Å². The zero-order valence-corrected chi connectivity index (χ0v) is 8.82. The number of hydrogen-bond donors (Lipinski definition) is 2. The molecule has 0 aromatic heterocycles. The van der Waals surface area contributed by atoms with Crippen LogP contribution in [0.4, 0.5) is 5.69 Å². The second-order valence-corrected chi connectivity index (χ2v) is 3.16. The molecule has 1 aromatic carbocycles. The Morgan fingerprint density at radius 2 is 2.00 bits per heavy atom. The predicted molar refractivity (Wildman–Crippen MR) is 59.4 cm³/mol. The predicted octanol–water partition coefficient (Wildman–Crippen LogP) is 2.23. The van der Waals surface area contributed by atoms with E-state index in [-0.39, 0.29) is 5.91 Å². The summed E-state index contributed by atoms with van der Waals surface area (Å²) in [6, 6.07) is 7.17. The van der Waals surface area contributed by atoms with Crippen molar-refractivity contribution in [3.63, 3.8) is 0 Å². The third kappa shape index (κ3) is 3.09. The fourth-order valence-corrected chi connectivity index (χ4v) is 1.28. The molecule has 0 unspecified atom stereocenters. The summed E-state index contributed by atoms with van der Waals surface area (Å²) < 4.78 is 0. The molecule has 0 spiro atoms. The monoisotopic (exact) mass is 206 g/mol. The molecule has 15 heavy (non-hydrogen) atoms. The van der Waals surface area contributed by atoms with Crippen LogP contribution < -0.4 is 5.32 Å². The number of rotatable bonds is 3. The van der Waals surface area contributed by atoms with Crippen molar-refractivity contribution in [2.24, 2.45) is 5.16 Å². The molecule has 4 nitrogen and oxygen atoms in total. The highest BCUT2D eigenvalue weighted by Gasteiger charge is 2.01. The third-order valence-electron chi connectivity index (χ3n) is 1.99. The van der Waals surface area contributed by atoms with Gasteiger partial charge in [-0.05, 0) is 24.1 Å². The molecule has 0 fully saturated rings. The van der Waals surface area contributed by atoms with Crippen LogP contribution in [-0.2, 0) is 4.79 Å². The summed E-state index contributed by atoms with van der Waals surface area (Å²) in [7, 11) is 0. The normalized spacial score (nSPS) is 11.2. The van der Waals surface area contributed by atoms with Gasteiger partial charge in [-0.2, -0.15) is 0 Å². The van der Waals surface area contributed by atoms with E-state index in [2.05, 4.69) is 10.5 Å². The summed E-state index contributed by atoms with van der Waals surface area (Å²) in [6.07, 6.45) is 0.663. The van der Waals surface area contributed by atoms with E-state index in [0.717, 1.165) is 11.3 Å². The van der Waals surface area contributed by atoms with E-state index in [0.29, 0.717) is 12.1 Å². The number of anilines is 1. The Morgan fingerprint density at radius 3 is 2.40 bits per heavy atom. The zero-order valence-electron chi connectivity index (χ0n) is 8.82. The van der Waals surface area contributed by atoms with Crippen LogP contribution in [0.2, 0.25) is 0 Å². The van der Waals surface area contributed by atoms with E-state index >= 15 is 0 Å². The first kappa shape index (κ1) is 11.2. The van der Waals surface area contributed by atoms with Crippen molar-refractivity contribution in [2.75, 3.05) is 5.32 Å². The second kappa shape index (κ2) is 5.14. The highest BCUT2D eigenvalue weighted by molar-refractivity contribution is 6.00. The number of carbonyl (C=O) groups excluding carboxylic acids is 1. The van der Waals surface area contributed by atoms with Crippen LogP contribution in [0.3, 0.4) is 0 Å². The van der Waals surface area contributed by atoms with Crippen molar-refractivity contribution in [1.29, 1.82) is 0 Å². The van der Waals surface area contributed by atoms with Gasteiger partial charge in [-0.25, -0.2) is 0 Å². The van der Waals surface area contributed by atoms with Gasteiger partial charge in [0.2, 0.25) is 5.91 Å². The summed E-state index contributed by atoms with van der Waals surface area (Å²) in [5.74, 6) is -0.103. The van der Waals surface area contributed by atoms with Gasteiger partial charge in [-0.1, -0.05) is 24.2 Å². The van der Waals surface area contributed by atoms with Gasteiger partial charge in [0.25, 0.3) is 0 Å². The summed E-state index contributed by atoms with van der Waals surface area (Å²) >= 11 is 0. The number of nitrogens with zero attached hydrogens (tertiary/aromatic N) is 1. The molecule has 0 heterocycles. The average Bonchev–Trinajstić information content (AvgIpc) is 2.21. The van der Waals surface area contributed by atoms with Gasteiger partial charge >= 0.3 is 0 Å². The first-order valence-corrected chi connectivity index (χ1v) is 4.76. The molecule has 4 heteroatoms. The number of amides is 1. The van der Waals surface area contributed by atoms with Crippen molar-refractivity contribution >= 4 is 17.3 Å². The topological polar surface area (TPSA) is 61.7 Å². The minimum Gasteiger partial charge on any atom is -0.411 e. The molecule has 0 atom stereocenters. The summed E-state index contributed by atoms with van der Waals surface area (Å²) in [6.45, 7) is 3.37. The maximum atomic E-state index is 10.8. The van der Waals surface area contributed by atoms with Gasteiger partial charge in [0.15, 0.2) is 0 Å². The molecule has 1 aromatic rings. The van der Waals surface area contributed by atoms with Crippen molar-refractivity contribution in [2.45, 2.75) is 20.3 Å². The Balaban J connectivity index is 2.85. The maximum absolute atomic E-state index is 10.8.